The second-order valence-corrected chi connectivity index (χ2v) is 17.5. The van der Waals surface area contributed by atoms with Gasteiger partial charge in [-0.25, -0.2) is 18.1 Å². The molecule has 55 heavy (non-hydrogen) atoms. The first-order valence-corrected chi connectivity index (χ1v) is 20.7. The number of imidazole rings is 1. The molecule has 0 radical (unpaired) electrons. The van der Waals surface area contributed by atoms with Crippen molar-refractivity contribution in [2.75, 3.05) is 6.54 Å². The highest BCUT2D eigenvalue weighted by Crippen LogP contribution is 2.35. The quantitative estimate of drug-likeness (QED) is 0.107. The first kappa shape index (κ1) is 41.8. The summed E-state index contributed by atoms with van der Waals surface area (Å²) in [5, 5.41) is 1.61. The second kappa shape index (κ2) is 17.6. The van der Waals surface area contributed by atoms with Crippen molar-refractivity contribution in [3.05, 3.63) is 113 Å². The lowest BCUT2D eigenvalue weighted by molar-refractivity contribution is -0.118. The minimum absolute atomic E-state index is 0. The maximum absolute atomic E-state index is 13.7. The summed E-state index contributed by atoms with van der Waals surface area (Å²) in [6.45, 7) is 13.0. The number of ether oxygens (including phenoxy) is 2. The number of rotatable bonds is 15. The lowest BCUT2D eigenvalue weighted by Crippen LogP contribution is -2.28. The summed E-state index contributed by atoms with van der Waals surface area (Å²) in [7, 11) is -1.80. The predicted octanol–water partition coefficient (Wildman–Crippen LogP) is 9.15. The molecule has 1 aliphatic rings. The fraction of sp³-hybridized carbons (Fsp3) is 0.357. The molecule has 1 unspecified atom stereocenters. The number of benzene rings is 4. The monoisotopic (exact) mass is 804 g/mol. The Labute approximate surface area is 334 Å². The van der Waals surface area contributed by atoms with Crippen LogP contribution in [0, 0.1) is 0 Å². The zero-order chi connectivity index (χ0) is 38.7. The Morgan fingerprint density at radius 3 is 2.00 bits per heavy atom. The third-order valence-electron chi connectivity index (χ3n) is 9.64. The lowest BCUT2D eigenvalue weighted by atomic mass is 9.89. The van der Waals surface area contributed by atoms with Crippen LogP contribution in [-0.2, 0) is 41.3 Å². The molecule has 4 aromatic carbocycles. The number of carbonyl (C=O) groups is 2. The average Bonchev–Trinajstić information content (AvgIpc) is 3.62. The van der Waals surface area contributed by atoms with Gasteiger partial charge in [-0.3, -0.25) is 14.9 Å². The molecule has 0 bridgehead atoms. The van der Waals surface area contributed by atoms with E-state index in [2.05, 4.69) is 36.0 Å². The Bertz CT molecular complexity index is 2240. The molecule has 292 valence electrons. The van der Waals surface area contributed by atoms with Crippen molar-refractivity contribution in [2.45, 2.75) is 88.9 Å². The summed E-state index contributed by atoms with van der Waals surface area (Å²) in [6.07, 6.45) is 1.01. The van der Waals surface area contributed by atoms with E-state index in [-0.39, 0.29) is 48.5 Å². The van der Waals surface area contributed by atoms with Gasteiger partial charge < -0.3 is 14.0 Å². The Balaban J connectivity index is 0.00000580. The number of halogens is 1. The van der Waals surface area contributed by atoms with Gasteiger partial charge in [-0.15, -0.1) is 12.4 Å². The fourth-order valence-corrected chi connectivity index (χ4v) is 9.07. The van der Waals surface area contributed by atoms with Gasteiger partial charge in [-0.1, -0.05) is 89.7 Å². The van der Waals surface area contributed by atoms with Gasteiger partial charge in [-0.05, 0) is 94.8 Å². The molecule has 1 aromatic heterocycles. The third kappa shape index (κ3) is 9.91. The summed E-state index contributed by atoms with van der Waals surface area (Å²) < 4.78 is 44.6. The van der Waals surface area contributed by atoms with E-state index < -0.39 is 15.3 Å². The molecule has 1 saturated heterocycles. The number of amides is 2. The number of fused-ring (bicyclic) bond motifs is 1. The van der Waals surface area contributed by atoms with Crippen LogP contribution in [0.5, 0.6) is 17.2 Å². The van der Waals surface area contributed by atoms with Crippen LogP contribution in [0.1, 0.15) is 92.9 Å². The summed E-state index contributed by atoms with van der Waals surface area (Å²) in [5.74, 6) is 2.94. The molecule has 0 spiro atoms. The van der Waals surface area contributed by atoms with Crippen molar-refractivity contribution >= 4 is 56.4 Å². The normalized spacial score (nSPS) is 14.5. The first-order valence-electron chi connectivity index (χ1n) is 18.3. The number of thioether (sulfide) groups is 1. The number of aromatic nitrogens is 2. The first-order chi connectivity index (χ1) is 25.7. The van der Waals surface area contributed by atoms with Gasteiger partial charge in [0.25, 0.3) is 5.24 Å². The highest BCUT2D eigenvalue weighted by Gasteiger charge is 2.31. The van der Waals surface area contributed by atoms with E-state index in [0.717, 1.165) is 56.4 Å². The van der Waals surface area contributed by atoms with Gasteiger partial charge in [0.2, 0.25) is 15.9 Å². The Hall–Kier alpha value is -4.36. The molecule has 2 amide bonds. The van der Waals surface area contributed by atoms with E-state index in [9.17, 15) is 18.0 Å². The third-order valence-corrected chi connectivity index (χ3v) is 12.2. The fourth-order valence-electron chi connectivity index (χ4n) is 6.49. The highest BCUT2D eigenvalue weighted by molar-refractivity contribution is 8.15. The van der Waals surface area contributed by atoms with Crippen molar-refractivity contribution in [2.24, 2.45) is 7.05 Å². The molecule has 1 atom stereocenters. The molecule has 0 aliphatic carbocycles. The smallest absolute Gasteiger partial charge is 0.286 e. The summed E-state index contributed by atoms with van der Waals surface area (Å²) in [4.78, 5) is 28.5. The van der Waals surface area contributed by atoms with Crippen molar-refractivity contribution < 1.29 is 27.5 Å². The van der Waals surface area contributed by atoms with E-state index in [1.807, 2.05) is 106 Å². The number of sulfonamides is 1. The van der Waals surface area contributed by atoms with Crippen molar-refractivity contribution in [3.63, 3.8) is 0 Å². The Morgan fingerprint density at radius 1 is 0.818 bits per heavy atom. The van der Waals surface area contributed by atoms with Crippen LogP contribution in [0.4, 0.5) is 4.79 Å². The van der Waals surface area contributed by atoms with Crippen LogP contribution in [0.2, 0.25) is 0 Å². The van der Waals surface area contributed by atoms with Crippen LogP contribution in [-0.4, -0.2) is 40.9 Å². The van der Waals surface area contributed by atoms with E-state index in [1.54, 1.807) is 0 Å². The summed E-state index contributed by atoms with van der Waals surface area (Å²) in [5.41, 5.74) is 6.54. The Kier molecular flexibility index (Phi) is 13.4. The van der Waals surface area contributed by atoms with Gasteiger partial charge in [0, 0.05) is 19.7 Å². The van der Waals surface area contributed by atoms with E-state index in [1.165, 1.54) is 0 Å². The summed E-state index contributed by atoms with van der Waals surface area (Å²) in [6, 6.07) is 25.0. The van der Waals surface area contributed by atoms with Crippen molar-refractivity contribution in [3.8, 4) is 17.2 Å². The number of carbonyl (C=O) groups excluding carboxylic acids is 2. The van der Waals surface area contributed by atoms with Crippen LogP contribution >= 0.6 is 24.2 Å². The van der Waals surface area contributed by atoms with Crippen LogP contribution in [0.15, 0.2) is 83.8 Å². The molecule has 0 saturated carbocycles. The molecule has 2 heterocycles. The summed E-state index contributed by atoms with van der Waals surface area (Å²) >= 11 is 1.02. The zero-order valence-electron chi connectivity index (χ0n) is 32.2. The van der Waals surface area contributed by atoms with E-state index in [4.69, 9.17) is 14.5 Å². The molecule has 1 aliphatic heterocycles. The number of nitrogens with zero attached hydrogens (tertiary/aromatic N) is 2. The minimum atomic E-state index is -3.73. The molecule has 6 rings (SSSR count). The number of nitrogens with one attached hydrogen (secondary N) is 2. The molecule has 2 N–H and O–H groups in total. The van der Waals surface area contributed by atoms with E-state index in [0.29, 0.717) is 40.9 Å². The van der Waals surface area contributed by atoms with Gasteiger partial charge in [-0.2, -0.15) is 0 Å². The maximum Gasteiger partial charge on any atom is 0.286 e. The largest absolute Gasteiger partial charge is 0.486 e. The molecular weight excluding hydrogens is 756 g/mol. The minimum Gasteiger partial charge on any atom is -0.486 e. The molecule has 1 fully saturated rings. The number of aryl methyl sites for hydroxylation is 1. The number of hydrogen-bond donors (Lipinski definition) is 2. The Morgan fingerprint density at radius 2 is 1.42 bits per heavy atom. The number of imide groups is 1. The van der Waals surface area contributed by atoms with Crippen molar-refractivity contribution in [1.82, 2.24) is 19.6 Å². The van der Waals surface area contributed by atoms with Crippen molar-refractivity contribution in [1.29, 1.82) is 0 Å². The zero-order valence-corrected chi connectivity index (χ0v) is 34.7. The predicted molar refractivity (Wildman–Crippen MR) is 221 cm³/mol. The van der Waals surface area contributed by atoms with Gasteiger partial charge in [0.1, 0.15) is 29.7 Å². The lowest BCUT2D eigenvalue weighted by Gasteiger charge is -2.23. The van der Waals surface area contributed by atoms with Crippen LogP contribution in [0.25, 0.3) is 11.0 Å². The van der Waals surface area contributed by atoms with Gasteiger partial charge in [0.15, 0.2) is 0 Å². The topological polar surface area (TPSA) is 129 Å². The maximum atomic E-state index is 13.7. The van der Waals surface area contributed by atoms with Gasteiger partial charge in [0.05, 0.1) is 21.2 Å². The highest BCUT2D eigenvalue weighted by atomic mass is 35.5. The van der Waals surface area contributed by atoms with Crippen LogP contribution in [0.3, 0.4) is 0 Å². The van der Waals surface area contributed by atoms with Crippen LogP contribution < -0.4 is 19.5 Å². The number of hydrogen-bond acceptors (Lipinski definition) is 8. The standard InChI is InChI=1S/C42H48N4O6S2.ClH/c1-25(2)30-21-34(26(3)4)40(35(22-30)27(5)6)54(49,50)43-19-18-28-8-14-32(15-9-28)52-33-16-17-36-37(23-33)46(7)39(44-36)24-51-31-12-10-29(11-13-31)20-38-41(47)45-42(48)53-38;/h8-17,21-23,25-27,38,43H,18-20,24H2,1-7H3,(H,45,47,48);1H. The molecule has 5 aromatic rings. The second-order valence-electron chi connectivity index (χ2n) is 14.6. The molecular formula is C42H49ClN4O6S2. The molecule has 10 nitrogen and oxygen atoms in total. The average molecular weight is 805 g/mol. The molecule has 13 heteroatoms. The SMILES string of the molecule is CC(C)c1cc(C(C)C)c(S(=O)(=O)NCCc2ccc(Oc3ccc4nc(COc5ccc(CC6SC(=O)NC6=O)cc5)n(C)c4c3)cc2)c(C(C)C)c1.Cl. The van der Waals surface area contributed by atoms with E-state index >= 15 is 0 Å². The van der Waals surface area contributed by atoms with Gasteiger partial charge >= 0.3 is 0 Å².